The summed E-state index contributed by atoms with van der Waals surface area (Å²) in [6.45, 7) is 6.53. The summed E-state index contributed by atoms with van der Waals surface area (Å²) >= 11 is 0. The Morgan fingerprint density at radius 1 is 0.886 bits per heavy atom. The molecule has 0 N–H and O–H groups in total. The third-order valence-electron chi connectivity index (χ3n) is 7.09. The molecule has 7 rings (SSSR count). The third kappa shape index (κ3) is 3.65. The van der Waals surface area contributed by atoms with Crippen molar-refractivity contribution in [2.45, 2.75) is 25.9 Å². The zero-order chi connectivity index (χ0) is 23.2. The van der Waals surface area contributed by atoms with Crippen molar-refractivity contribution in [1.29, 1.82) is 0 Å². The summed E-state index contributed by atoms with van der Waals surface area (Å²) in [5, 5.41) is 5.45. The monoisotopic (exact) mass is 469 g/mol. The second-order valence-corrected chi connectivity index (χ2v) is 9.21. The minimum Gasteiger partial charge on any atom is -0.378 e. The van der Waals surface area contributed by atoms with E-state index in [0.717, 1.165) is 86.4 Å². The van der Waals surface area contributed by atoms with Crippen LogP contribution in [0.5, 0.6) is 0 Å². The molecule has 4 aromatic rings. The molecule has 0 atom stereocenters. The molecule has 0 aliphatic carbocycles. The number of aryl methyl sites for hydroxylation is 1. The maximum atomic E-state index is 5.53. The van der Waals surface area contributed by atoms with Gasteiger partial charge in [0.15, 0.2) is 5.65 Å². The molecule has 0 radical (unpaired) electrons. The smallest absolute Gasteiger partial charge is 0.229 e. The zero-order valence-corrected chi connectivity index (χ0v) is 19.5. The lowest BCUT2D eigenvalue weighted by Crippen LogP contribution is -2.38. The Balaban J connectivity index is 1.24. The molecule has 0 bridgehead atoms. The maximum absolute atomic E-state index is 5.53. The maximum Gasteiger partial charge on any atom is 0.229 e. The number of hydrogen-bond donors (Lipinski definition) is 0. The van der Waals surface area contributed by atoms with Crippen LogP contribution in [0.3, 0.4) is 0 Å². The van der Waals surface area contributed by atoms with E-state index in [2.05, 4.69) is 47.7 Å². The lowest BCUT2D eigenvalue weighted by molar-refractivity contribution is 0.122. The van der Waals surface area contributed by atoms with Crippen LogP contribution in [-0.4, -0.2) is 69.1 Å². The molecule has 1 saturated heterocycles. The second-order valence-electron chi connectivity index (χ2n) is 9.21. The highest BCUT2D eigenvalue weighted by atomic mass is 16.5. The standard InChI is InChI=1S/C25H27N9O/c1-3-20-23(26-6-1)29-25(31-11-13-35-14-12-31)30-24(20)32-10-5-21-18(17-32)15-19(16-27-21)33-8-2-9-34-22(33)4-7-28-34/h1,3-4,6-7,15-16H,2,5,8-14,17H2. The van der Waals surface area contributed by atoms with Crippen LogP contribution in [0.4, 0.5) is 23.3 Å². The number of hydrogen-bond acceptors (Lipinski definition) is 9. The van der Waals surface area contributed by atoms with Crippen molar-refractivity contribution in [2.75, 3.05) is 54.1 Å². The first-order valence-corrected chi connectivity index (χ1v) is 12.3. The van der Waals surface area contributed by atoms with Crippen molar-refractivity contribution in [3.05, 3.63) is 54.1 Å². The lowest BCUT2D eigenvalue weighted by Gasteiger charge is -2.33. The highest BCUT2D eigenvalue weighted by Gasteiger charge is 2.26. The normalized spacial score (nSPS) is 18.0. The van der Waals surface area contributed by atoms with E-state index in [1.807, 2.05) is 18.5 Å². The molecule has 0 amide bonds. The highest BCUT2D eigenvalue weighted by molar-refractivity contribution is 5.88. The number of anilines is 4. The molecule has 0 spiro atoms. The van der Waals surface area contributed by atoms with E-state index in [1.165, 1.54) is 11.3 Å². The average Bonchev–Trinajstić information content (AvgIpc) is 3.41. The summed E-state index contributed by atoms with van der Waals surface area (Å²) in [5.41, 5.74) is 4.27. The van der Waals surface area contributed by atoms with Gasteiger partial charge in [0, 0.05) is 63.6 Å². The molecule has 178 valence electrons. The van der Waals surface area contributed by atoms with Gasteiger partial charge in [0.05, 0.1) is 36.7 Å². The Morgan fingerprint density at radius 2 is 1.83 bits per heavy atom. The van der Waals surface area contributed by atoms with Gasteiger partial charge in [-0.15, -0.1) is 0 Å². The van der Waals surface area contributed by atoms with Gasteiger partial charge >= 0.3 is 0 Å². The molecule has 10 nitrogen and oxygen atoms in total. The fourth-order valence-electron chi connectivity index (χ4n) is 5.30. The van der Waals surface area contributed by atoms with E-state index >= 15 is 0 Å². The lowest BCUT2D eigenvalue weighted by atomic mass is 10.0. The second kappa shape index (κ2) is 8.46. The van der Waals surface area contributed by atoms with Crippen LogP contribution in [-0.2, 0) is 24.2 Å². The van der Waals surface area contributed by atoms with Gasteiger partial charge in [-0.25, -0.2) is 9.67 Å². The van der Waals surface area contributed by atoms with Gasteiger partial charge in [0.1, 0.15) is 11.6 Å². The van der Waals surface area contributed by atoms with E-state index in [1.54, 1.807) is 6.20 Å². The van der Waals surface area contributed by atoms with Gasteiger partial charge in [-0.05, 0) is 30.2 Å². The summed E-state index contributed by atoms with van der Waals surface area (Å²) < 4.78 is 7.60. The molecule has 0 saturated carbocycles. The fraction of sp³-hybridized carbons (Fsp3) is 0.400. The first-order valence-electron chi connectivity index (χ1n) is 12.3. The van der Waals surface area contributed by atoms with Crippen LogP contribution in [0.25, 0.3) is 11.0 Å². The SMILES string of the molecule is c1cnc2nc(N3CCOCC3)nc(N3CCc4ncc(N5CCCn6nccc65)cc4C3)c2c1. The molecular weight excluding hydrogens is 442 g/mol. The van der Waals surface area contributed by atoms with E-state index in [-0.39, 0.29) is 0 Å². The van der Waals surface area contributed by atoms with Crippen LogP contribution in [0.2, 0.25) is 0 Å². The molecular formula is C25H27N9O. The van der Waals surface area contributed by atoms with Crippen LogP contribution < -0.4 is 14.7 Å². The Hall–Kier alpha value is -3.79. The molecule has 3 aliphatic rings. The Bertz CT molecular complexity index is 1380. The minimum atomic E-state index is 0.694. The van der Waals surface area contributed by atoms with E-state index in [4.69, 9.17) is 19.7 Å². The van der Waals surface area contributed by atoms with Crippen LogP contribution >= 0.6 is 0 Å². The summed E-state index contributed by atoms with van der Waals surface area (Å²) in [6, 6.07) is 8.40. The Morgan fingerprint density at radius 3 is 2.77 bits per heavy atom. The summed E-state index contributed by atoms with van der Waals surface area (Å²) in [5.74, 6) is 2.80. The van der Waals surface area contributed by atoms with Gasteiger partial charge in [-0.2, -0.15) is 15.1 Å². The van der Waals surface area contributed by atoms with Gasteiger partial charge in [0.2, 0.25) is 5.95 Å². The van der Waals surface area contributed by atoms with Crippen molar-refractivity contribution in [2.24, 2.45) is 0 Å². The van der Waals surface area contributed by atoms with E-state index in [9.17, 15) is 0 Å². The predicted octanol–water partition coefficient (Wildman–Crippen LogP) is 2.56. The number of fused-ring (bicyclic) bond motifs is 3. The van der Waals surface area contributed by atoms with Crippen molar-refractivity contribution < 1.29 is 4.74 Å². The Labute approximate surface area is 203 Å². The topological polar surface area (TPSA) is 88.3 Å². The number of nitrogens with zero attached hydrogens (tertiary/aromatic N) is 9. The van der Waals surface area contributed by atoms with Crippen molar-refractivity contribution in [3.63, 3.8) is 0 Å². The number of morpholine rings is 1. The molecule has 0 unspecified atom stereocenters. The molecule has 7 heterocycles. The molecule has 10 heteroatoms. The fourth-order valence-corrected chi connectivity index (χ4v) is 5.30. The van der Waals surface area contributed by atoms with Crippen LogP contribution in [0, 0.1) is 0 Å². The quantitative estimate of drug-likeness (QED) is 0.449. The first kappa shape index (κ1) is 20.6. The van der Waals surface area contributed by atoms with Gasteiger partial charge in [-0.1, -0.05) is 0 Å². The zero-order valence-electron chi connectivity index (χ0n) is 19.5. The molecule has 1 fully saturated rings. The Kier molecular flexibility index (Phi) is 4.97. The molecule has 35 heavy (non-hydrogen) atoms. The third-order valence-corrected chi connectivity index (χ3v) is 7.09. The molecule has 3 aliphatic heterocycles. The van der Waals surface area contributed by atoms with Crippen LogP contribution in [0.15, 0.2) is 42.9 Å². The minimum absolute atomic E-state index is 0.694. The summed E-state index contributed by atoms with van der Waals surface area (Å²) in [7, 11) is 0. The van der Waals surface area contributed by atoms with E-state index in [0.29, 0.717) is 13.2 Å². The predicted molar refractivity (Wildman–Crippen MR) is 133 cm³/mol. The van der Waals surface area contributed by atoms with Crippen molar-refractivity contribution >= 4 is 34.3 Å². The molecule has 0 aromatic carbocycles. The number of pyridine rings is 2. The first-order chi connectivity index (χ1) is 17.3. The summed E-state index contributed by atoms with van der Waals surface area (Å²) in [6.07, 6.45) is 7.64. The number of aromatic nitrogens is 6. The number of ether oxygens (including phenoxy) is 1. The molecule has 4 aromatic heterocycles. The van der Waals surface area contributed by atoms with Crippen LogP contribution in [0.1, 0.15) is 17.7 Å². The van der Waals surface area contributed by atoms with E-state index < -0.39 is 0 Å². The highest BCUT2D eigenvalue weighted by Crippen LogP contribution is 2.33. The number of rotatable bonds is 3. The van der Waals surface area contributed by atoms with Gasteiger partial charge in [0.25, 0.3) is 0 Å². The van der Waals surface area contributed by atoms with Gasteiger partial charge in [-0.3, -0.25) is 4.98 Å². The average molecular weight is 470 g/mol. The van der Waals surface area contributed by atoms with Crippen molar-refractivity contribution in [3.8, 4) is 0 Å². The summed E-state index contributed by atoms with van der Waals surface area (Å²) in [4.78, 5) is 26.1. The van der Waals surface area contributed by atoms with Gasteiger partial charge < -0.3 is 19.4 Å². The van der Waals surface area contributed by atoms with Crippen molar-refractivity contribution in [1.82, 2.24) is 29.7 Å². The largest absolute Gasteiger partial charge is 0.378 e.